The Hall–Kier alpha value is -2.62. The smallest absolute Gasteiger partial charge is 0.164 e. The molecule has 118 valence electrons. The average molecular weight is 331 g/mol. The number of anilines is 1. The van der Waals surface area contributed by atoms with Crippen LogP contribution in [0.5, 0.6) is 5.75 Å². The number of aryl methyl sites for hydroxylation is 1. The molecule has 0 bridgehead atoms. The fourth-order valence-electron chi connectivity index (χ4n) is 2.01. The summed E-state index contributed by atoms with van der Waals surface area (Å²) in [5.74, 6) is 0.384. The van der Waals surface area contributed by atoms with Crippen LogP contribution >= 0.6 is 11.6 Å². The number of rotatable bonds is 5. The molecule has 2 aromatic rings. The van der Waals surface area contributed by atoms with Crippen LogP contribution in [0.3, 0.4) is 0 Å². The van der Waals surface area contributed by atoms with Crippen LogP contribution in [0.4, 0.5) is 5.82 Å². The number of aromatic nitrogens is 1. The zero-order valence-corrected chi connectivity index (χ0v) is 13.4. The van der Waals surface area contributed by atoms with Gasteiger partial charge in [-0.1, -0.05) is 11.6 Å². The van der Waals surface area contributed by atoms with Crippen LogP contribution < -0.4 is 5.43 Å². The molecule has 0 saturated heterocycles. The fraction of sp³-hybridized carbons (Fsp3) is 0.188. The molecule has 1 heterocycles. The molecule has 2 N–H and O–H groups in total. The molecule has 0 unspecified atom stereocenters. The van der Waals surface area contributed by atoms with Crippen molar-refractivity contribution in [2.45, 2.75) is 13.5 Å². The Balaban J connectivity index is 2.28. The molecule has 1 aromatic carbocycles. The van der Waals surface area contributed by atoms with Crippen molar-refractivity contribution in [3.05, 3.63) is 51.7 Å². The normalized spacial score (nSPS) is 10.7. The van der Waals surface area contributed by atoms with Gasteiger partial charge in [-0.2, -0.15) is 10.4 Å². The van der Waals surface area contributed by atoms with Crippen molar-refractivity contribution in [2.75, 3.05) is 12.5 Å². The minimum atomic E-state index is 0.0535. The highest BCUT2D eigenvalue weighted by Gasteiger charge is 2.10. The molecule has 0 spiro atoms. The van der Waals surface area contributed by atoms with Crippen LogP contribution in [0.25, 0.3) is 0 Å². The van der Waals surface area contributed by atoms with Gasteiger partial charge in [-0.05, 0) is 31.2 Å². The molecule has 0 fully saturated rings. The second-order valence-electron chi connectivity index (χ2n) is 4.76. The maximum Gasteiger partial charge on any atom is 0.164 e. The molecule has 0 aliphatic rings. The van der Waals surface area contributed by atoms with Gasteiger partial charge in [-0.3, -0.25) is 5.43 Å². The first-order valence-electron chi connectivity index (χ1n) is 6.72. The van der Waals surface area contributed by atoms with Crippen molar-refractivity contribution >= 4 is 23.6 Å². The predicted octanol–water partition coefficient (Wildman–Crippen LogP) is 3.21. The number of benzene rings is 1. The van der Waals surface area contributed by atoms with Gasteiger partial charge in [0.2, 0.25) is 0 Å². The van der Waals surface area contributed by atoms with Crippen LogP contribution in [-0.2, 0) is 11.3 Å². The molecule has 0 amide bonds. The van der Waals surface area contributed by atoms with E-state index in [1.807, 2.05) is 6.92 Å². The van der Waals surface area contributed by atoms with Crippen molar-refractivity contribution < 1.29 is 9.84 Å². The number of pyridine rings is 1. The lowest BCUT2D eigenvalue weighted by Crippen LogP contribution is -2.03. The summed E-state index contributed by atoms with van der Waals surface area (Å²) in [7, 11) is 1.56. The van der Waals surface area contributed by atoms with Crippen molar-refractivity contribution in [2.24, 2.45) is 5.10 Å². The topological polar surface area (TPSA) is 90.5 Å². The molecular formula is C16H15ClN4O2. The summed E-state index contributed by atoms with van der Waals surface area (Å²) in [4.78, 5) is 4.27. The molecule has 6 nitrogen and oxygen atoms in total. The Bertz CT molecular complexity index is 784. The standard InChI is InChI=1S/C16H15ClN4O2/c1-10-5-12(9-23-2)14(7-18)16(20-10)21-19-8-11-6-13(17)3-4-15(11)22/h3-6,8,22H,9H2,1-2H3,(H,20,21)/b19-8-. The zero-order chi connectivity index (χ0) is 16.8. The largest absolute Gasteiger partial charge is 0.507 e. The number of hydrogen-bond acceptors (Lipinski definition) is 6. The van der Waals surface area contributed by atoms with E-state index >= 15 is 0 Å². The Morgan fingerprint density at radius 2 is 2.26 bits per heavy atom. The summed E-state index contributed by atoms with van der Waals surface area (Å²) in [6.07, 6.45) is 1.41. The number of nitrogens with zero attached hydrogens (tertiary/aromatic N) is 3. The molecule has 2 rings (SSSR count). The molecule has 0 saturated carbocycles. The summed E-state index contributed by atoms with van der Waals surface area (Å²) in [5.41, 5.74) is 5.01. The summed E-state index contributed by atoms with van der Waals surface area (Å²) in [6.45, 7) is 2.12. The highest BCUT2D eigenvalue weighted by atomic mass is 35.5. The number of methoxy groups -OCH3 is 1. The Labute approximate surface area is 139 Å². The maximum atomic E-state index is 9.73. The van der Waals surface area contributed by atoms with Gasteiger partial charge in [0.1, 0.15) is 17.4 Å². The second kappa shape index (κ2) is 7.58. The van der Waals surface area contributed by atoms with Crippen molar-refractivity contribution in [3.63, 3.8) is 0 Å². The van der Waals surface area contributed by atoms with Gasteiger partial charge in [-0.25, -0.2) is 4.98 Å². The monoisotopic (exact) mass is 330 g/mol. The number of nitriles is 1. The predicted molar refractivity (Wildman–Crippen MR) is 88.7 cm³/mol. The van der Waals surface area contributed by atoms with Gasteiger partial charge in [-0.15, -0.1) is 0 Å². The number of aromatic hydroxyl groups is 1. The third-order valence-electron chi connectivity index (χ3n) is 3.00. The van der Waals surface area contributed by atoms with E-state index in [0.29, 0.717) is 28.6 Å². The van der Waals surface area contributed by atoms with Crippen LogP contribution in [0.2, 0.25) is 5.02 Å². The van der Waals surface area contributed by atoms with E-state index < -0.39 is 0 Å². The lowest BCUT2D eigenvalue weighted by atomic mass is 10.1. The van der Waals surface area contributed by atoms with E-state index in [0.717, 1.165) is 11.3 Å². The first kappa shape index (κ1) is 16.7. The molecule has 23 heavy (non-hydrogen) atoms. The van der Waals surface area contributed by atoms with Gasteiger partial charge >= 0.3 is 0 Å². The first-order valence-corrected chi connectivity index (χ1v) is 7.10. The molecule has 0 atom stereocenters. The van der Waals surface area contributed by atoms with E-state index in [2.05, 4.69) is 21.6 Å². The fourth-order valence-corrected chi connectivity index (χ4v) is 2.19. The van der Waals surface area contributed by atoms with Gasteiger partial charge < -0.3 is 9.84 Å². The summed E-state index contributed by atoms with van der Waals surface area (Å²) in [6, 6.07) is 8.52. The molecule has 0 radical (unpaired) electrons. The van der Waals surface area contributed by atoms with Gasteiger partial charge in [0, 0.05) is 29.0 Å². The van der Waals surface area contributed by atoms with E-state index in [-0.39, 0.29) is 5.75 Å². The summed E-state index contributed by atoms with van der Waals surface area (Å²) >= 11 is 5.87. The average Bonchev–Trinajstić information content (AvgIpc) is 2.51. The first-order chi connectivity index (χ1) is 11.0. The number of phenols is 1. The lowest BCUT2D eigenvalue weighted by molar-refractivity contribution is 0.184. The molecule has 1 aromatic heterocycles. The quantitative estimate of drug-likeness (QED) is 0.649. The highest BCUT2D eigenvalue weighted by Crippen LogP contribution is 2.21. The number of hydrazone groups is 1. The van der Waals surface area contributed by atoms with Crippen LogP contribution in [0, 0.1) is 18.3 Å². The van der Waals surface area contributed by atoms with Gasteiger partial charge in [0.25, 0.3) is 0 Å². The Morgan fingerprint density at radius 3 is 2.96 bits per heavy atom. The van der Waals surface area contributed by atoms with Crippen LogP contribution in [0.1, 0.15) is 22.4 Å². The number of phenolic OH excluding ortho intramolecular Hbond substituents is 1. The van der Waals surface area contributed by atoms with Crippen LogP contribution in [0.15, 0.2) is 29.4 Å². The number of halogens is 1. The minimum absolute atomic E-state index is 0.0535. The van der Waals surface area contributed by atoms with E-state index in [9.17, 15) is 10.4 Å². The molecule has 7 heteroatoms. The number of ether oxygens (including phenoxy) is 1. The molecular weight excluding hydrogens is 316 g/mol. The summed E-state index contributed by atoms with van der Waals surface area (Å²) < 4.78 is 5.09. The van der Waals surface area contributed by atoms with E-state index in [1.165, 1.54) is 12.3 Å². The third-order valence-corrected chi connectivity index (χ3v) is 3.24. The van der Waals surface area contributed by atoms with Gasteiger partial charge in [0.15, 0.2) is 5.82 Å². The third kappa shape index (κ3) is 4.19. The van der Waals surface area contributed by atoms with Crippen molar-refractivity contribution in [1.82, 2.24) is 4.98 Å². The highest BCUT2D eigenvalue weighted by molar-refractivity contribution is 6.30. The summed E-state index contributed by atoms with van der Waals surface area (Å²) in [5, 5.41) is 23.5. The van der Waals surface area contributed by atoms with Crippen molar-refractivity contribution in [1.29, 1.82) is 5.26 Å². The maximum absolute atomic E-state index is 9.73. The molecule has 0 aliphatic heterocycles. The Kier molecular flexibility index (Phi) is 5.52. The zero-order valence-electron chi connectivity index (χ0n) is 12.7. The van der Waals surface area contributed by atoms with E-state index in [1.54, 1.807) is 25.3 Å². The Morgan fingerprint density at radius 1 is 1.48 bits per heavy atom. The van der Waals surface area contributed by atoms with Crippen molar-refractivity contribution in [3.8, 4) is 11.8 Å². The minimum Gasteiger partial charge on any atom is -0.507 e. The number of nitrogens with one attached hydrogen (secondary N) is 1. The van der Waals surface area contributed by atoms with Crippen LogP contribution in [-0.4, -0.2) is 23.4 Å². The number of hydrogen-bond donors (Lipinski definition) is 2. The van der Waals surface area contributed by atoms with Gasteiger partial charge in [0.05, 0.1) is 12.8 Å². The second-order valence-corrected chi connectivity index (χ2v) is 5.20. The molecule has 0 aliphatic carbocycles. The SMILES string of the molecule is COCc1cc(C)nc(N/N=C\c2cc(Cl)ccc2O)c1C#N. The van der Waals surface area contributed by atoms with E-state index in [4.69, 9.17) is 16.3 Å². The lowest BCUT2D eigenvalue weighted by Gasteiger charge is -2.09.